The fourth-order valence-corrected chi connectivity index (χ4v) is 3.92. The molecule has 0 saturated heterocycles. The van der Waals surface area contributed by atoms with Crippen LogP contribution in [0.5, 0.6) is 5.75 Å². The van der Waals surface area contributed by atoms with Crippen molar-refractivity contribution in [3.05, 3.63) is 100 Å². The van der Waals surface area contributed by atoms with E-state index in [1.807, 2.05) is 55.5 Å². The molecule has 0 radical (unpaired) electrons. The van der Waals surface area contributed by atoms with Crippen LogP contribution in [0.1, 0.15) is 16.7 Å². The first kappa shape index (κ1) is 21.7. The third-order valence-electron chi connectivity index (χ3n) is 5.47. The number of nitrogens with one attached hydrogen (secondary N) is 1. The van der Waals surface area contributed by atoms with Crippen LogP contribution in [0.3, 0.4) is 0 Å². The molecule has 0 atom stereocenters. The van der Waals surface area contributed by atoms with Crippen LogP contribution in [0.4, 0.5) is 5.69 Å². The number of methoxy groups -OCH3 is 1. The van der Waals surface area contributed by atoms with E-state index in [4.69, 9.17) is 16.3 Å². The summed E-state index contributed by atoms with van der Waals surface area (Å²) in [5.74, 6) is -0.195. The van der Waals surface area contributed by atoms with Gasteiger partial charge in [0.1, 0.15) is 11.4 Å². The van der Waals surface area contributed by atoms with Gasteiger partial charge in [-0.3, -0.25) is 14.5 Å². The molecule has 1 N–H and O–H groups in total. The molecular weight excluding hydrogens is 424 g/mol. The third kappa shape index (κ3) is 4.25. The Bertz CT molecular complexity index is 1200. The smallest absolute Gasteiger partial charge is 0.278 e. The largest absolute Gasteiger partial charge is 0.496 e. The molecule has 6 heteroatoms. The van der Waals surface area contributed by atoms with Gasteiger partial charge < -0.3 is 10.1 Å². The van der Waals surface area contributed by atoms with Crippen molar-refractivity contribution in [3.63, 3.8) is 0 Å². The van der Waals surface area contributed by atoms with Crippen molar-refractivity contribution in [1.82, 2.24) is 4.90 Å². The molecule has 5 nitrogen and oxygen atoms in total. The summed E-state index contributed by atoms with van der Waals surface area (Å²) in [4.78, 5) is 28.2. The number of aryl methyl sites for hydroxylation is 1. The summed E-state index contributed by atoms with van der Waals surface area (Å²) in [6.07, 6.45) is 0.570. The number of carbonyl (C=O) groups excluding carboxylic acids is 2. The molecule has 0 spiro atoms. The van der Waals surface area contributed by atoms with E-state index in [1.54, 1.807) is 31.4 Å². The van der Waals surface area contributed by atoms with Gasteiger partial charge in [0.15, 0.2) is 0 Å². The lowest BCUT2D eigenvalue weighted by molar-refractivity contribution is -0.136. The Morgan fingerprint density at radius 2 is 1.66 bits per heavy atom. The molecule has 32 heavy (non-hydrogen) atoms. The van der Waals surface area contributed by atoms with Crippen molar-refractivity contribution in [3.8, 4) is 5.75 Å². The van der Waals surface area contributed by atoms with Gasteiger partial charge >= 0.3 is 0 Å². The van der Waals surface area contributed by atoms with Gasteiger partial charge in [0.05, 0.1) is 12.7 Å². The van der Waals surface area contributed by atoms with Crippen molar-refractivity contribution in [1.29, 1.82) is 0 Å². The lowest BCUT2D eigenvalue weighted by Crippen LogP contribution is -2.34. The molecule has 2 amide bonds. The van der Waals surface area contributed by atoms with Crippen LogP contribution in [-0.2, 0) is 16.0 Å². The maximum Gasteiger partial charge on any atom is 0.278 e. The predicted molar refractivity (Wildman–Crippen MR) is 127 cm³/mol. The Hall–Kier alpha value is -3.57. The Labute approximate surface area is 192 Å². The molecule has 0 aromatic heterocycles. The van der Waals surface area contributed by atoms with Gasteiger partial charge in [-0.1, -0.05) is 66.2 Å². The van der Waals surface area contributed by atoms with Crippen LogP contribution in [0, 0.1) is 6.92 Å². The maximum absolute atomic E-state index is 13.5. The number of benzene rings is 3. The SMILES string of the molecule is COc1ccccc1C1=C(Nc2cc(Cl)ccc2C)C(=O)N(CCc2ccccc2)C1=O. The number of rotatable bonds is 7. The summed E-state index contributed by atoms with van der Waals surface area (Å²) < 4.78 is 5.48. The number of anilines is 1. The summed E-state index contributed by atoms with van der Waals surface area (Å²) in [6.45, 7) is 2.19. The molecule has 3 aromatic rings. The quantitative estimate of drug-likeness (QED) is 0.513. The van der Waals surface area contributed by atoms with Gasteiger partial charge in [0.2, 0.25) is 0 Å². The molecule has 1 aliphatic rings. The van der Waals surface area contributed by atoms with E-state index in [0.717, 1.165) is 11.1 Å². The summed E-state index contributed by atoms with van der Waals surface area (Å²) >= 11 is 6.18. The minimum atomic E-state index is -0.369. The lowest BCUT2D eigenvalue weighted by atomic mass is 10.0. The molecule has 0 fully saturated rings. The van der Waals surface area contributed by atoms with Crippen molar-refractivity contribution >= 4 is 34.7 Å². The average molecular weight is 447 g/mol. The van der Waals surface area contributed by atoms with Gasteiger partial charge in [0.25, 0.3) is 11.8 Å². The van der Waals surface area contributed by atoms with Gasteiger partial charge in [0, 0.05) is 22.8 Å². The number of carbonyl (C=O) groups is 2. The molecule has 4 rings (SSSR count). The number of nitrogens with zero attached hydrogens (tertiary/aromatic N) is 1. The van der Waals surface area contributed by atoms with E-state index < -0.39 is 0 Å². The van der Waals surface area contributed by atoms with Crippen LogP contribution in [-0.4, -0.2) is 30.4 Å². The summed E-state index contributed by atoms with van der Waals surface area (Å²) in [5, 5.41) is 3.72. The summed E-state index contributed by atoms with van der Waals surface area (Å²) in [7, 11) is 1.54. The summed E-state index contributed by atoms with van der Waals surface area (Å²) in [6, 6.07) is 22.4. The van der Waals surface area contributed by atoms with Gasteiger partial charge in [-0.25, -0.2) is 0 Å². The monoisotopic (exact) mass is 446 g/mol. The number of halogens is 1. The molecule has 3 aromatic carbocycles. The minimum Gasteiger partial charge on any atom is -0.496 e. The molecular formula is C26H23ClN2O3. The van der Waals surface area contributed by atoms with Crippen LogP contribution in [0.2, 0.25) is 5.02 Å². The first-order valence-electron chi connectivity index (χ1n) is 10.3. The van der Waals surface area contributed by atoms with Gasteiger partial charge in [-0.05, 0) is 42.7 Å². The molecule has 0 aliphatic carbocycles. The number of para-hydroxylation sites is 1. The lowest BCUT2D eigenvalue weighted by Gasteiger charge is -2.16. The fraction of sp³-hybridized carbons (Fsp3) is 0.154. The van der Waals surface area contributed by atoms with Gasteiger partial charge in [-0.2, -0.15) is 0 Å². The number of amides is 2. The molecule has 1 aliphatic heterocycles. The zero-order valence-corrected chi connectivity index (χ0v) is 18.6. The Morgan fingerprint density at radius 3 is 2.41 bits per heavy atom. The second-order valence-corrected chi connectivity index (χ2v) is 7.97. The molecule has 0 unspecified atom stereocenters. The molecule has 0 saturated carbocycles. The highest BCUT2D eigenvalue weighted by atomic mass is 35.5. The van der Waals surface area contributed by atoms with E-state index in [1.165, 1.54) is 4.90 Å². The summed E-state index contributed by atoms with van der Waals surface area (Å²) in [5.41, 5.74) is 3.71. The topological polar surface area (TPSA) is 58.6 Å². The van der Waals surface area contributed by atoms with E-state index in [0.29, 0.717) is 34.0 Å². The van der Waals surface area contributed by atoms with Crippen molar-refractivity contribution < 1.29 is 14.3 Å². The Balaban J connectivity index is 1.74. The number of hydrogen-bond acceptors (Lipinski definition) is 4. The molecule has 162 valence electrons. The van der Waals surface area contributed by atoms with E-state index >= 15 is 0 Å². The van der Waals surface area contributed by atoms with Crippen molar-refractivity contribution in [2.45, 2.75) is 13.3 Å². The third-order valence-corrected chi connectivity index (χ3v) is 5.71. The second kappa shape index (κ2) is 9.28. The number of imide groups is 1. The molecule has 1 heterocycles. The molecule has 0 bridgehead atoms. The highest BCUT2D eigenvalue weighted by molar-refractivity contribution is 6.37. The van der Waals surface area contributed by atoms with Crippen LogP contribution in [0.25, 0.3) is 5.57 Å². The highest BCUT2D eigenvalue weighted by Crippen LogP contribution is 2.36. The minimum absolute atomic E-state index is 0.220. The average Bonchev–Trinajstić information content (AvgIpc) is 3.04. The standard InChI is InChI=1S/C26H23ClN2O3/c1-17-12-13-19(27)16-21(17)28-24-23(20-10-6-7-11-22(20)32-2)25(30)29(26(24)31)15-14-18-8-4-3-5-9-18/h3-13,16,28H,14-15H2,1-2H3. The maximum atomic E-state index is 13.5. The zero-order valence-electron chi connectivity index (χ0n) is 17.9. The van der Waals surface area contributed by atoms with Crippen LogP contribution >= 0.6 is 11.6 Å². The number of hydrogen-bond donors (Lipinski definition) is 1. The fourth-order valence-electron chi connectivity index (χ4n) is 3.75. The Morgan fingerprint density at radius 1 is 0.938 bits per heavy atom. The van der Waals surface area contributed by atoms with Crippen LogP contribution in [0.15, 0.2) is 78.5 Å². The van der Waals surface area contributed by atoms with E-state index in [2.05, 4.69) is 5.32 Å². The zero-order chi connectivity index (χ0) is 22.7. The predicted octanol–water partition coefficient (Wildman–Crippen LogP) is 5.09. The first-order valence-corrected chi connectivity index (χ1v) is 10.7. The highest BCUT2D eigenvalue weighted by Gasteiger charge is 2.40. The normalized spacial score (nSPS) is 13.7. The van der Waals surface area contributed by atoms with E-state index in [-0.39, 0.29) is 24.1 Å². The van der Waals surface area contributed by atoms with Crippen molar-refractivity contribution in [2.24, 2.45) is 0 Å². The van der Waals surface area contributed by atoms with Crippen LogP contribution < -0.4 is 10.1 Å². The van der Waals surface area contributed by atoms with Gasteiger partial charge in [-0.15, -0.1) is 0 Å². The second-order valence-electron chi connectivity index (χ2n) is 7.53. The Kier molecular flexibility index (Phi) is 6.28. The number of ether oxygens (including phenoxy) is 1. The van der Waals surface area contributed by atoms with E-state index in [9.17, 15) is 9.59 Å². The first-order chi connectivity index (χ1) is 15.5. The van der Waals surface area contributed by atoms with Crippen molar-refractivity contribution in [2.75, 3.05) is 19.0 Å².